The van der Waals surface area contributed by atoms with Crippen LogP contribution in [0.3, 0.4) is 0 Å². The Kier molecular flexibility index (Phi) is 3.49. The van der Waals surface area contributed by atoms with E-state index in [0.717, 1.165) is 30.4 Å². The van der Waals surface area contributed by atoms with Gasteiger partial charge in [0.05, 0.1) is 0 Å². The fourth-order valence-corrected chi connectivity index (χ4v) is 3.13. The van der Waals surface area contributed by atoms with Crippen LogP contribution in [0.15, 0.2) is 60.7 Å². The van der Waals surface area contributed by atoms with Crippen molar-refractivity contribution in [1.82, 2.24) is 0 Å². The molecule has 0 amide bonds. The van der Waals surface area contributed by atoms with Crippen LogP contribution in [0, 0.1) is 5.92 Å². The van der Waals surface area contributed by atoms with Gasteiger partial charge in [0.15, 0.2) is 5.78 Å². The van der Waals surface area contributed by atoms with Crippen LogP contribution in [0.1, 0.15) is 35.7 Å². The maximum absolute atomic E-state index is 12.3. The molecule has 0 bridgehead atoms. The van der Waals surface area contributed by atoms with Gasteiger partial charge in [-0.1, -0.05) is 55.5 Å². The Bertz CT molecular complexity index is 887. The summed E-state index contributed by atoms with van der Waals surface area (Å²) in [6, 6.07) is 21.3. The average molecular weight is 300 g/mol. The van der Waals surface area contributed by atoms with E-state index < -0.39 is 0 Å². The first-order chi connectivity index (χ1) is 11.2. The monoisotopic (exact) mass is 300 g/mol. The number of benzene rings is 3. The maximum atomic E-state index is 12.3. The Morgan fingerprint density at radius 1 is 0.913 bits per heavy atom. The highest BCUT2D eigenvalue weighted by molar-refractivity contribution is 6.00. The lowest BCUT2D eigenvalue weighted by Gasteiger charge is -2.07. The van der Waals surface area contributed by atoms with Crippen molar-refractivity contribution in [3.8, 4) is 11.1 Å². The van der Waals surface area contributed by atoms with Crippen molar-refractivity contribution in [2.24, 2.45) is 5.92 Å². The second kappa shape index (κ2) is 5.66. The predicted molar refractivity (Wildman–Crippen MR) is 95.8 cm³/mol. The Labute approximate surface area is 137 Å². The number of Topliss-reactive ketones (excluding diaryl/α,β-unsaturated/α-hetero) is 1. The quantitative estimate of drug-likeness (QED) is 0.568. The van der Waals surface area contributed by atoms with Crippen molar-refractivity contribution in [3.05, 3.63) is 71.8 Å². The number of hydrogen-bond donors (Lipinski definition) is 0. The summed E-state index contributed by atoms with van der Waals surface area (Å²) in [5.74, 6) is 0.578. The molecule has 0 saturated heterocycles. The Hall–Kier alpha value is -2.41. The third-order valence-electron chi connectivity index (χ3n) is 4.74. The number of carbonyl (C=O) groups is 1. The smallest absolute Gasteiger partial charge is 0.165 e. The molecule has 1 saturated carbocycles. The van der Waals surface area contributed by atoms with Gasteiger partial charge in [-0.2, -0.15) is 0 Å². The molecule has 0 aliphatic heterocycles. The van der Waals surface area contributed by atoms with E-state index in [-0.39, 0.29) is 5.92 Å². The second-order valence-corrected chi connectivity index (χ2v) is 6.47. The molecule has 1 aliphatic rings. The van der Waals surface area contributed by atoms with Crippen LogP contribution in [0.4, 0.5) is 0 Å². The molecule has 114 valence electrons. The molecule has 0 N–H and O–H groups in total. The molecule has 1 heteroatoms. The van der Waals surface area contributed by atoms with Gasteiger partial charge in [-0.15, -0.1) is 0 Å². The lowest BCUT2D eigenvalue weighted by Crippen LogP contribution is -2.00. The van der Waals surface area contributed by atoms with Gasteiger partial charge >= 0.3 is 0 Å². The molecule has 3 aromatic carbocycles. The van der Waals surface area contributed by atoms with Gasteiger partial charge in [0, 0.05) is 11.5 Å². The molecule has 23 heavy (non-hydrogen) atoms. The molecule has 0 unspecified atom stereocenters. The third kappa shape index (κ3) is 2.79. The van der Waals surface area contributed by atoms with Crippen molar-refractivity contribution >= 4 is 16.6 Å². The van der Waals surface area contributed by atoms with Gasteiger partial charge in [0.25, 0.3) is 0 Å². The normalized spacial score (nSPS) is 14.1. The fourth-order valence-electron chi connectivity index (χ4n) is 3.13. The number of fused-ring (bicyclic) bond motifs is 1. The van der Waals surface area contributed by atoms with Crippen molar-refractivity contribution in [3.63, 3.8) is 0 Å². The van der Waals surface area contributed by atoms with E-state index in [2.05, 4.69) is 49.4 Å². The lowest BCUT2D eigenvalue weighted by atomic mass is 9.97. The summed E-state index contributed by atoms with van der Waals surface area (Å²) in [5, 5.41) is 2.52. The zero-order valence-corrected chi connectivity index (χ0v) is 13.4. The highest BCUT2D eigenvalue weighted by Crippen LogP contribution is 2.34. The van der Waals surface area contributed by atoms with Crippen LogP contribution < -0.4 is 0 Å². The van der Waals surface area contributed by atoms with Crippen LogP contribution in [0.5, 0.6) is 0 Å². The van der Waals surface area contributed by atoms with E-state index in [1.165, 1.54) is 21.9 Å². The van der Waals surface area contributed by atoms with Gasteiger partial charge in [0.2, 0.25) is 0 Å². The number of rotatable bonds is 4. The minimum atomic E-state index is 0.273. The summed E-state index contributed by atoms with van der Waals surface area (Å²) < 4.78 is 0. The molecular weight excluding hydrogens is 280 g/mol. The second-order valence-electron chi connectivity index (χ2n) is 6.47. The summed E-state index contributed by atoms with van der Waals surface area (Å²) in [4.78, 5) is 12.3. The molecule has 0 aromatic heterocycles. The zero-order chi connectivity index (χ0) is 15.8. The first-order valence-electron chi connectivity index (χ1n) is 8.42. The minimum absolute atomic E-state index is 0.273. The lowest BCUT2D eigenvalue weighted by molar-refractivity contribution is 0.0967. The molecule has 0 atom stereocenters. The Balaban J connectivity index is 1.73. The van der Waals surface area contributed by atoms with Crippen LogP contribution in [0.25, 0.3) is 21.9 Å². The van der Waals surface area contributed by atoms with Gasteiger partial charge in [-0.3, -0.25) is 4.79 Å². The summed E-state index contributed by atoms with van der Waals surface area (Å²) in [6.07, 6.45) is 3.17. The first-order valence-corrected chi connectivity index (χ1v) is 8.42. The maximum Gasteiger partial charge on any atom is 0.165 e. The molecule has 0 spiro atoms. The van der Waals surface area contributed by atoms with E-state index in [0.29, 0.717) is 5.78 Å². The number of carbonyl (C=O) groups excluding carboxylic acids is 1. The minimum Gasteiger partial charge on any atom is -0.294 e. The van der Waals surface area contributed by atoms with E-state index >= 15 is 0 Å². The largest absolute Gasteiger partial charge is 0.294 e. The highest BCUT2D eigenvalue weighted by Gasteiger charge is 2.30. The van der Waals surface area contributed by atoms with Crippen LogP contribution in [-0.2, 0) is 6.42 Å². The highest BCUT2D eigenvalue weighted by atomic mass is 16.1. The standard InChI is InChI=1S/C22H20O/c1-2-15-6-7-19-13-20(11-10-18(19)12-15)17-4-3-5-21(14-17)22(23)16-8-9-16/h3-7,10-14,16H,2,8-9H2,1H3. The summed E-state index contributed by atoms with van der Waals surface area (Å²) in [6.45, 7) is 2.18. The summed E-state index contributed by atoms with van der Waals surface area (Å²) in [5.41, 5.74) is 4.51. The molecular formula is C22H20O. The molecule has 1 fully saturated rings. The molecule has 1 aliphatic carbocycles. The fraction of sp³-hybridized carbons (Fsp3) is 0.227. The zero-order valence-electron chi connectivity index (χ0n) is 13.4. The molecule has 0 heterocycles. The summed E-state index contributed by atoms with van der Waals surface area (Å²) in [7, 11) is 0. The Morgan fingerprint density at radius 2 is 1.65 bits per heavy atom. The van der Waals surface area contributed by atoms with Crippen LogP contribution in [-0.4, -0.2) is 5.78 Å². The number of hydrogen-bond acceptors (Lipinski definition) is 1. The van der Waals surface area contributed by atoms with Crippen molar-refractivity contribution < 1.29 is 4.79 Å². The first kappa shape index (κ1) is 14.2. The van der Waals surface area contributed by atoms with Gasteiger partial charge < -0.3 is 0 Å². The third-order valence-corrected chi connectivity index (χ3v) is 4.74. The molecule has 3 aromatic rings. The molecule has 1 nitrogen and oxygen atoms in total. The topological polar surface area (TPSA) is 17.1 Å². The van der Waals surface area contributed by atoms with Gasteiger partial charge in [-0.05, 0) is 58.9 Å². The number of ketones is 1. The van der Waals surface area contributed by atoms with E-state index in [9.17, 15) is 4.79 Å². The molecule has 4 rings (SSSR count). The van der Waals surface area contributed by atoms with Crippen molar-refractivity contribution in [2.75, 3.05) is 0 Å². The van der Waals surface area contributed by atoms with Crippen molar-refractivity contribution in [1.29, 1.82) is 0 Å². The van der Waals surface area contributed by atoms with E-state index in [1.807, 2.05) is 18.2 Å². The van der Waals surface area contributed by atoms with Gasteiger partial charge in [-0.25, -0.2) is 0 Å². The SMILES string of the molecule is CCc1ccc2cc(-c3cccc(C(=O)C4CC4)c3)ccc2c1. The van der Waals surface area contributed by atoms with Crippen LogP contribution >= 0.6 is 0 Å². The summed E-state index contributed by atoms with van der Waals surface area (Å²) >= 11 is 0. The van der Waals surface area contributed by atoms with Crippen molar-refractivity contribution in [2.45, 2.75) is 26.2 Å². The van der Waals surface area contributed by atoms with Gasteiger partial charge in [0.1, 0.15) is 0 Å². The average Bonchev–Trinajstić information content (AvgIpc) is 3.45. The van der Waals surface area contributed by atoms with E-state index in [1.54, 1.807) is 0 Å². The van der Waals surface area contributed by atoms with E-state index in [4.69, 9.17) is 0 Å². The number of aryl methyl sites for hydroxylation is 1. The molecule has 0 radical (unpaired) electrons. The Morgan fingerprint density at radius 3 is 2.43 bits per heavy atom. The van der Waals surface area contributed by atoms with Crippen LogP contribution in [0.2, 0.25) is 0 Å². The predicted octanol–water partition coefficient (Wildman–Crippen LogP) is 5.66.